The van der Waals surface area contributed by atoms with Crippen molar-refractivity contribution in [2.75, 3.05) is 6.54 Å². The Morgan fingerprint density at radius 1 is 1.62 bits per heavy atom. The molecule has 0 aromatic rings. The SMILES string of the molecule is C=CC(C)NC(C)CC1CCCN1. The van der Waals surface area contributed by atoms with Crippen LogP contribution in [0.15, 0.2) is 12.7 Å². The smallest absolute Gasteiger partial charge is 0.0221 e. The zero-order valence-electron chi connectivity index (χ0n) is 8.84. The third-order valence-electron chi connectivity index (χ3n) is 2.70. The van der Waals surface area contributed by atoms with E-state index in [0.717, 1.165) is 6.04 Å². The van der Waals surface area contributed by atoms with E-state index in [0.29, 0.717) is 12.1 Å². The normalized spacial score (nSPS) is 27.1. The lowest BCUT2D eigenvalue weighted by Gasteiger charge is -2.20. The molecule has 1 heterocycles. The van der Waals surface area contributed by atoms with Crippen LogP contribution in [0.3, 0.4) is 0 Å². The Balaban J connectivity index is 2.15. The molecule has 2 nitrogen and oxygen atoms in total. The van der Waals surface area contributed by atoms with Crippen LogP contribution in [0, 0.1) is 0 Å². The van der Waals surface area contributed by atoms with Crippen LogP contribution in [0.5, 0.6) is 0 Å². The van der Waals surface area contributed by atoms with Gasteiger partial charge in [0.2, 0.25) is 0 Å². The van der Waals surface area contributed by atoms with Gasteiger partial charge in [-0.25, -0.2) is 0 Å². The lowest BCUT2D eigenvalue weighted by molar-refractivity contribution is 0.426. The maximum atomic E-state index is 3.77. The molecule has 1 aliphatic rings. The summed E-state index contributed by atoms with van der Waals surface area (Å²) in [6.45, 7) is 9.36. The van der Waals surface area contributed by atoms with Gasteiger partial charge in [-0.2, -0.15) is 0 Å². The molecule has 0 amide bonds. The van der Waals surface area contributed by atoms with E-state index < -0.39 is 0 Å². The van der Waals surface area contributed by atoms with Crippen LogP contribution in [-0.4, -0.2) is 24.7 Å². The molecule has 0 aromatic carbocycles. The molecule has 76 valence electrons. The van der Waals surface area contributed by atoms with E-state index in [1.807, 2.05) is 6.08 Å². The van der Waals surface area contributed by atoms with Crippen LogP contribution in [-0.2, 0) is 0 Å². The molecule has 2 N–H and O–H groups in total. The van der Waals surface area contributed by atoms with Gasteiger partial charge in [-0.15, -0.1) is 6.58 Å². The maximum Gasteiger partial charge on any atom is 0.0221 e. The number of hydrogen-bond donors (Lipinski definition) is 2. The molecule has 1 rings (SSSR count). The summed E-state index contributed by atoms with van der Waals surface area (Å²) in [5.41, 5.74) is 0. The van der Waals surface area contributed by atoms with Crippen LogP contribution in [0.25, 0.3) is 0 Å². The second kappa shape index (κ2) is 5.40. The van der Waals surface area contributed by atoms with Crippen LogP contribution in [0.4, 0.5) is 0 Å². The largest absolute Gasteiger partial charge is 0.314 e. The van der Waals surface area contributed by atoms with Gasteiger partial charge in [-0.05, 0) is 39.7 Å². The fourth-order valence-corrected chi connectivity index (χ4v) is 1.97. The van der Waals surface area contributed by atoms with E-state index in [1.54, 1.807) is 0 Å². The van der Waals surface area contributed by atoms with Crippen molar-refractivity contribution >= 4 is 0 Å². The fraction of sp³-hybridized carbons (Fsp3) is 0.818. The van der Waals surface area contributed by atoms with E-state index in [2.05, 4.69) is 31.1 Å². The van der Waals surface area contributed by atoms with Crippen molar-refractivity contribution in [1.82, 2.24) is 10.6 Å². The molecule has 0 aliphatic carbocycles. The summed E-state index contributed by atoms with van der Waals surface area (Å²) >= 11 is 0. The second-order valence-electron chi connectivity index (χ2n) is 4.12. The van der Waals surface area contributed by atoms with Crippen molar-refractivity contribution < 1.29 is 0 Å². The Kier molecular flexibility index (Phi) is 4.46. The molecule has 1 saturated heterocycles. The first-order valence-electron chi connectivity index (χ1n) is 5.34. The lowest BCUT2D eigenvalue weighted by Crippen LogP contribution is -2.37. The van der Waals surface area contributed by atoms with E-state index in [-0.39, 0.29) is 0 Å². The van der Waals surface area contributed by atoms with Crippen LogP contribution in [0.1, 0.15) is 33.1 Å². The molecule has 2 heteroatoms. The predicted molar refractivity (Wildman–Crippen MR) is 57.9 cm³/mol. The van der Waals surface area contributed by atoms with Crippen molar-refractivity contribution in [2.45, 2.75) is 51.2 Å². The summed E-state index contributed by atoms with van der Waals surface area (Å²) in [5.74, 6) is 0. The van der Waals surface area contributed by atoms with Gasteiger partial charge in [0.25, 0.3) is 0 Å². The number of rotatable bonds is 5. The molecule has 0 radical (unpaired) electrons. The molecule has 1 fully saturated rings. The van der Waals surface area contributed by atoms with Crippen LogP contribution < -0.4 is 10.6 Å². The first-order chi connectivity index (χ1) is 6.22. The molecule has 3 atom stereocenters. The van der Waals surface area contributed by atoms with Crippen molar-refractivity contribution in [1.29, 1.82) is 0 Å². The Bertz CT molecular complexity index is 150. The highest BCUT2D eigenvalue weighted by molar-refractivity contribution is 4.85. The predicted octanol–water partition coefficient (Wildman–Crippen LogP) is 1.68. The molecule has 0 aromatic heterocycles. The Hall–Kier alpha value is -0.340. The van der Waals surface area contributed by atoms with E-state index in [4.69, 9.17) is 0 Å². The highest BCUT2D eigenvalue weighted by Crippen LogP contribution is 2.10. The van der Waals surface area contributed by atoms with Crippen molar-refractivity contribution in [3.8, 4) is 0 Å². The highest BCUT2D eigenvalue weighted by Gasteiger charge is 2.17. The molecule has 3 unspecified atom stereocenters. The molecular weight excluding hydrogens is 160 g/mol. The molecule has 13 heavy (non-hydrogen) atoms. The Morgan fingerprint density at radius 3 is 2.92 bits per heavy atom. The molecule has 0 spiro atoms. The average molecular weight is 182 g/mol. The monoisotopic (exact) mass is 182 g/mol. The third kappa shape index (κ3) is 3.92. The zero-order valence-corrected chi connectivity index (χ0v) is 8.84. The number of hydrogen-bond acceptors (Lipinski definition) is 2. The Labute approximate surface area is 81.8 Å². The number of nitrogens with one attached hydrogen (secondary N) is 2. The minimum Gasteiger partial charge on any atom is -0.314 e. The summed E-state index contributed by atoms with van der Waals surface area (Å²) in [5, 5.41) is 7.01. The maximum absolute atomic E-state index is 3.77. The summed E-state index contributed by atoms with van der Waals surface area (Å²) in [4.78, 5) is 0. The molecule has 1 aliphatic heterocycles. The quantitative estimate of drug-likeness (QED) is 0.632. The zero-order chi connectivity index (χ0) is 9.68. The molecule has 0 saturated carbocycles. The topological polar surface area (TPSA) is 24.1 Å². The summed E-state index contributed by atoms with van der Waals surface area (Å²) in [6, 6.07) is 1.75. The van der Waals surface area contributed by atoms with E-state index in [1.165, 1.54) is 25.8 Å². The van der Waals surface area contributed by atoms with E-state index >= 15 is 0 Å². The van der Waals surface area contributed by atoms with Crippen molar-refractivity contribution in [2.24, 2.45) is 0 Å². The van der Waals surface area contributed by atoms with E-state index in [9.17, 15) is 0 Å². The molecule has 0 bridgehead atoms. The first-order valence-corrected chi connectivity index (χ1v) is 5.34. The van der Waals surface area contributed by atoms with Gasteiger partial charge in [0.15, 0.2) is 0 Å². The van der Waals surface area contributed by atoms with Gasteiger partial charge in [0.1, 0.15) is 0 Å². The van der Waals surface area contributed by atoms with Crippen molar-refractivity contribution in [3.63, 3.8) is 0 Å². The second-order valence-corrected chi connectivity index (χ2v) is 4.12. The standard InChI is InChI=1S/C11H22N2/c1-4-9(2)13-10(3)8-11-6-5-7-12-11/h4,9-13H,1,5-8H2,2-3H3. The van der Waals surface area contributed by atoms with Gasteiger partial charge < -0.3 is 10.6 Å². The van der Waals surface area contributed by atoms with Gasteiger partial charge >= 0.3 is 0 Å². The third-order valence-corrected chi connectivity index (χ3v) is 2.70. The summed E-state index contributed by atoms with van der Waals surface area (Å²) in [6.07, 6.45) is 5.87. The summed E-state index contributed by atoms with van der Waals surface area (Å²) in [7, 11) is 0. The van der Waals surface area contributed by atoms with Crippen LogP contribution in [0.2, 0.25) is 0 Å². The van der Waals surface area contributed by atoms with Gasteiger partial charge in [-0.1, -0.05) is 6.08 Å². The fourth-order valence-electron chi connectivity index (χ4n) is 1.97. The lowest BCUT2D eigenvalue weighted by atomic mass is 10.1. The highest BCUT2D eigenvalue weighted by atomic mass is 15.0. The first kappa shape index (κ1) is 10.7. The average Bonchev–Trinajstić information content (AvgIpc) is 2.56. The Morgan fingerprint density at radius 2 is 2.38 bits per heavy atom. The van der Waals surface area contributed by atoms with Gasteiger partial charge in [0, 0.05) is 18.1 Å². The van der Waals surface area contributed by atoms with Crippen molar-refractivity contribution in [3.05, 3.63) is 12.7 Å². The minimum atomic E-state index is 0.427. The summed E-state index contributed by atoms with van der Waals surface area (Å²) < 4.78 is 0. The molecular formula is C11H22N2. The van der Waals surface area contributed by atoms with Crippen LogP contribution >= 0.6 is 0 Å². The van der Waals surface area contributed by atoms with Gasteiger partial charge in [0.05, 0.1) is 0 Å². The minimum absolute atomic E-state index is 0.427. The van der Waals surface area contributed by atoms with Gasteiger partial charge in [-0.3, -0.25) is 0 Å².